The fraction of sp³-hybridized carbons (Fsp3) is 0. The van der Waals surface area contributed by atoms with E-state index in [1.165, 1.54) is 0 Å². The first kappa shape index (κ1) is 104. The molecule has 0 spiro atoms. The molecular formula is H8N5O2Pd-3. The molecule has 0 saturated carbocycles. The SMILES string of the molecule is O=N[O-].[NH2-].[NH2-].[NH2-].[NH2-].[Pd+2]. The maximum atomic E-state index is 8.00. The Morgan fingerprint density at radius 1 is 1.00 bits per heavy atom. The van der Waals surface area contributed by atoms with Crippen LogP contribution in [0.3, 0.4) is 0 Å². The molecule has 0 bridgehead atoms. The average Bonchev–Trinajstić information content (AvgIpc) is 0.918. The first-order chi connectivity index (χ1) is 1.41. The Kier molecular flexibility index (Phi) is 3840. The predicted octanol–water partition coefficient (Wildman–Crippen LogP) is 3.12. The number of nitrogens with zero attached hydrogens (tertiary/aromatic N) is 1. The van der Waals surface area contributed by atoms with Gasteiger partial charge in [0.05, 0.1) is 0 Å². The second-order valence-corrected chi connectivity index (χ2v) is 0.0745. The van der Waals surface area contributed by atoms with Gasteiger partial charge in [-0.25, -0.2) is 0 Å². The van der Waals surface area contributed by atoms with Gasteiger partial charge in [-0.3, -0.25) is 0 Å². The maximum Gasteiger partial charge on any atom is 2.00 e. The van der Waals surface area contributed by atoms with E-state index in [2.05, 4.69) is 0 Å². The Balaban J connectivity index is -0.00000000200. The van der Waals surface area contributed by atoms with Crippen molar-refractivity contribution in [3.8, 4) is 0 Å². The molecule has 0 aliphatic carbocycles. The fourth-order valence-corrected chi connectivity index (χ4v) is 0. The van der Waals surface area contributed by atoms with Crippen LogP contribution in [0.25, 0.3) is 24.6 Å². The van der Waals surface area contributed by atoms with E-state index in [9.17, 15) is 0 Å². The molecule has 8 heteroatoms. The molecule has 8 heavy (non-hydrogen) atoms. The molecule has 8 N–H and O–H groups in total. The number of hydrogen-bond acceptors (Lipinski definition) is 3. The zero-order chi connectivity index (χ0) is 2.71. The largest absolute Gasteiger partial charge is 2.00 e. The van der Waals surface area contributed by atoms with Crippen molar-refractivity contribution in [2.24, 2.45) is 5.34 Å². The number of hydrogen-bond donors (Lipinski definition) is 0. The van der Waals surface area contributed by atoms with Gasteiger partial charge in [-0.15, -0.1) is 5.34 Å². The molecular weight excluding hydrogens is 208 g/mol. The summed E-state index contributed by atoms with van der Waals surface area (Å²) in [6.07, 6.45) is 0. The number of rotatable bonds is 0. The van der Waals surface area contributed by atoms with E-state index in [1.54, 1.807) is 0 Å². The molecule has 0 aromatic heterocycles. The van der Waals surface area contributed by atoms with Crippen LogP contribution in [0.5, 0.6) is 0 Å². The molecule has 0 aromatic carbocycles. The Hall–Kier alpha value is -0.0977. The summed E-state index contributed by atoms with van der Waals surface area (Å²) in [5.41, 5.74) is 0. The Morgan fingerprint density at radius 3 is 1.00 bits per heavy atom. The van der Waals surface area contributed by atoms with E-state index in [4.69, 9.17) is 10.1 Å². The minimum absolute atomic E-state index is 0. The molecule has 0 aliphatic heterocycles. The smallest absolute Gasteiger partial charge is 0.693 e. The van der Waals surface area contributed by atoms with Gasteiger partial charge in [0.1, 0.15) is 0 Å². The molecule has 0 fully saturated rings. The molecule has 0 heterocycles. The first-order valence-electron chi connectivity index (χ1n) is 0.365. The van der Waals surface area contributed by atoms with Crippen LogP contribution in [-0.2, 0) is 20.4 Å². The normalized spacial score (nSPS) is 1.50. The summed E-state index contributed by atoms with van der Waals surface area (Å²) in [5, 5.41) is 9.00. The van der Waals surface area contributed by atoms with Crippen LogP contribution in [0.2, 0.25) is 0 Å². The van der Waals surface area contributed by atoms with Crippen LogP contribution in [-0.4, -0.2) is 0 Å². The Bertz CT molecular complexity index is 17.9. The van der Waals surface area contributed by atoms with Gasteiger partial charge >= 0.3 is 20.4 Å². The van der Waals surface area contributed by atoms with E-state index in [-0.39, 0.29) is 45.0 Å². The molecule has 0 radical (unpaired) electrons. The van der Waals surface area contributed by atoms with E-state index in [0.29, 0.717) is 0 Å². The van der Waals surface area contributed by atoms with Crippen LogP contribution in [0.15, 0.2) is 5.34 Å². The first-order valence-corrected chi connectivity index (χ1v) is 0.365. The van der Waals surface area contributed by atoms with E-state index >= 15 is 0 Å². The van der Waals surface area contributed by atoms with Crippen molar-refractivity contribution in [2.75, 3.05) is 0 Å². The molecule has 0 rings (SSSR count). The molecule has 58 valence electrons. The van der Waals surface area contributed by atoms with Crippen LogP contribution in [0, 0.1) is 10.1 Å². The van der Waals surface area contributed by atoms with Crippen molar-refractivity contribution >= 4 is 0 Å². The Morgan fingerprint density at radius 2 is 1.00 bits per heavy atom. The van der Waals surface area contributed by atoms with Crippen LogP contribution >= 0.6 is 0 Å². The van der Waals surface area contributed by atoms with Gasteiger partial charge in [-0.05, 0) is 0 Å². The average molecular weight is 217 g/mol. The third kappa shape index (κ3) is 14900. The summed E-state index contributed by atoms with van der Waals surface area (Å²) in [6, 6.07) is 0. The quantitative estimate of drug-likeness (QED) is 0.342. The minimum atomic E-state index is 0. The van der Waals surface area contributed by atoms with Gasteiger partial charge in [0, 0.05) is 0 Å². The van der Waals surface area contributed by atoms with Crippen molar-refractivity contribution in [1.29, 1.82) is 0 Å². The third-order valence-corrected chi connectivity index (χ3v) is 0. The van der Waals surface area contributed by atoms with E-state index < -0.39 is 0 Å². The van der Waals surface area contributed by atoms with Gasteiger partial charge in [-0.1, -0.05) is 0 Å². The molecule has 0 unspecified atom stereocenters. The van der Waals surface area contributed by atoms with Crippen LogP contribution in [0.1, 0.15) is 0 Å². The number of nitrogens with two attached hydrogens (primary N) is 4. The van der Waals surface area contributed by atoms with Crippen LogP contribution < -0.4 is 0 Å². The fourth-order valence-electron chi connectivity index (χ4n) is 0. The van der Waals surface area contributed by atoms with Gasteiger partial charge in [0.15, 0.2) is 0 Å². The zero-order valence-corrected chi connectivity index (χ0v) is 5.44. The van der Waals surface area contributed by atoms with E-state index in [1.807, 2.05) is 0 Å². The molecule has 0 saturated heterocycles. The monoisotopic (exact) mass is 216 g/mol. The summed E-state index contributed by atoms with van der Waals surface area (Å²) in [6.45, 7) is 0. The molecule has 0 amide bonds. The van der Waals surface area contributed by atoms with Gasteiger partial charge in [0.2, 0.25) is 0 Å². The summed E-state index contributed by atoms with van der Waals surface area (Å²) in [5.74, 6) is 0. The standard InChI is InChI=1S/HNO2.4H2N.Pd/c2-1-3;;;;;/h(H,2,3);4*1H2;/q;4*-1;+2/p-1. The molecule has 0 atom stereocenters. The van der Waals surface area contributed by atoms with E-state index in [0.717, 1.165) is 5.34 Å². The van der Waals surface area contributed by atoms with Gasteiger partial charge in [0.25, 0.3) is 0 Å². The third-order valence-electron chi connectivity index (χ3n) is 0. The van der Waals surface area contributed by atoms with Crippen molar-refractivity contribution in [1.82, 2.24) is 0 Å². The maximum absolute atomic E-state index is 8.00. The second-order valence-electron chi connectivity index (χ2n) is 0.0745. The topological polar surface area (TPSA) is 186 Å². The van der Waals surface area contributed by atoms with Crippen molar-refractivity contribution in [3.05, 3.63) is 34.7 Å². The summed E-state index contributed by atoms with van der Waals surface area (Å²) < 4.78 is 0. The molecule has 7 nitrogen and oxygen atoms in total. The zero-order valence-electron chi connectivity index (χ0n) is 3.89. The van der Waals surface area contributed by atoms with Crippen molar-refractivity contribution < 1.29 is 20.4 Å². The van der Waals surface area contributed by atoms with Gasteiger partial charge < -0.3 is 34.7 Å². The van der Waals surface area contributed by atoms with Crippen molar-refractivity contribution in [2.45, 2.75) is 0 Å². The second kappa shape index (κ2) is 295. The van der Waals surface area contributed by atoms with Crippen LogP contribution in [0.4, 0.5) is 0 Å². The summed E-state index contributed by atoms with van der Waals surface area (Å²) in [7, 11) is 0. The summed E-state index contributed by atoms with van der Waals surface area (Å²) >= 11 is 0. The Labute approximate surface area is 61.1 Å². The molecule has 0 aliphatic rings. The van der Waals surface area contributed by atoms with Crippen molar-refractivity contribution in [3.63, 3.8) is 0 Å². The predicted molar refractivity (Wildman–Crippen MR) is 30.3 cm³/mol. The summed E-state index contributed by atoms with van der Waals surface area (Å²) in [4.78, 5) is 8.00. The minimum Gasteiger partial charge on any atom is -0.693 e. The van der Waals surface area contributed by atoms with Gasteiger partial charge in [-0.2, -0.15) is 0 Å². The molecule has 0 aromatic rings.